The quantitative estimate of drug-likeness (QED) is 0.728. The Morgan fingerprint density at radius 3 is 2.71 bits per heavy atom. The number of benzene rings is 1. The Bertz CT molecular complexity index is 1050. The number of methoxy groups -OCH3 is 1. The molecule has 0 aliphatic carbocycles. The van der Waals surface area contributed by atoms with Gasteiger partial charge in [0, 0.05) is 19.3 Å². The highest BCUT2D eigenvalue weighted by atomic mass is 16.5. The molecule has 1 aliphatic rings. The number of ether oxygens (including phenoxy) is 2. The molecule has 9 nitrogen and oxygen atoms in total. The van der Waals surface area contributed by atoms with Crippen molar-refractivity contribution in [2.24, 2.45) is 5.92 Å². The zero-order chi connectivity index (χ0) is 22.5. The number of nitrogen functional groups attached to an aromatic ring is 1. The number of carbonyl (C=O) groups excluding carboxylic acids is 3. The average molecular weight is 424 g/mol. The Balaban J connectivity index is 2.00. The Kier molecular flexibility index (Phi) is 6.60. The van der Waals surface area contributed by atoms with Gasteiger partial charge in [-0.2, -0.15) is 5.26 Å². The molecule has 1 aliphatic heterocycles. The zero-order valence-corrected chi connectivity index (χ0v) is 17.5. The van der Waals surface area contributed by atoms with Gasteiger partial charge in [0.1, 0.15) is 6.07 Å². The van der Waals surface area contributed by atoms with E-state index < -0.39 is 5.97 Å². The molecule has 0 saturated carbocycles. The molecular weight excluding hydrogens is 400 g/mol. The molecule has 2 heterocycles. The van der Waals surface area contributed by atoms with Crippen LogP contribution in [0.3, 0.4) is 0 Å². The number of nitriles is 1. The number of hydrogen-bond acceptors (Lipinski definition) is 7. The van der Waals surface area contributed by atoms with Crippen molar-refractivity contribution >= 4 is 23.5 Å². The third-order valence-corrected chi connectivity index (χ3v) is 5.27. The lowest BCUT2D eigenvalue weighted by molar-refractivity contribution is -0.149. The topological polar surface area (TPSA) is 128 Å². The number of para-hydroxylation sites is 1. The van der Waals surface area contributed by atoms with E-state index in [2.05, 4.69) is 0 Å². The van der Waals surface area contributed by atoms with Crippen LogP contribution < -0.4 is 5.73 Å². The van der Waals surface area contributed by atoms with Crippen molar-refractivity contribution in [3.05, 3.63) is 47.3 Å². The zero-order valence-electron chi connectivity index (χ0n) is 17.5. The van der Waals surface area contributed by atoms with Crippen LogP contribution in [0.5, 0.6) is 0 Å². The number of nitrogens with two attached hydrogens (primary N) is 1. The highest BCUT2D eigenvalue weighted by molar-refractivity contribution is 6.00. The third-order valence-electron chi connectivity index (χ3n) is 5.27. The van der Waals surface area contributed by atoms with Crippen molar-refractivity contribution in [3.8, 4) is 11.8 Å². The van der Waals surface area contributed by atoms with E-state index in [0.29, 0.717) is 37.2 Å². The molecule has 2 aromatic rings. The van der Waals surface area contributed by atoms with Crippen LogP contribution in [0.4, 0.5) is 5.69 Å². The number of likely N-dealkylation sites (tertiary alicyclic amines) is 1. The molecule has 1 aromatic carbocycles. The molecule has 3 rings (SSSR count). The molecule has 0 spiro atoms. The van der Waals surface area contributed by atoms with Crippen LogP contribution in [0.2, 0.25) is 0 Å². The van der Waals surface area contributed by atoms with Crippen LogP contribution in [0.25, 0.3) is 5.69 Å². The second-order valence-electron chi connectivity index (χ2n) is 7.14. The molecule has 162 valence electrons. The van der Waals surface area contributed by atoms with Gasteiger partial charge in [-0.1, -0.05) is 12.1 Å². The van der Waals surface area contributed by atoms with E-state index in [-0.39, 0.29) is 41.3 Å². The Morgan fingerprint density at radius 2 is 2.03 bits per heavy atom. The van der Waals surface area contributed by atoms with Crippen molar-refractivity contribution in [1.29, 1.82) is 5.26 Å². The minimum absolute atomic E-state index is 0.0167. The first kappa shape index (κ1) is 21.9. The Morgan fingerprint density at radius 1 is 1.29 bits per heavy atom. The SMILES string of the molecule is CCOC(=O)C1CCCN(C(=O)c2ccccc2-n2cc(C#N)c(N)c2C(=O)OC)C1. The summed E-state index contributed by atoms with van der Waals surface area (Å²) >= 11 is 0. The largest absolute Gasteiger partial charge is 0.466 e. The highest BCUT2D eigenvalue weighted by Crippen LogP contribution is 2.28. The maximum Gasteiger partial charge on any atom is 0.357 e. The maximum atomic E-state index is 13.4. The van der Waals surface area contributed by atoms with Crippen molar-refractivity contribution < 1.29 is 23.9 Å². The number of rotatable bonds is 5. The van der Waals surface area contributed by atoms with Crippen molar-refractivity contribution in [2.45, 2.75) is 19.8 Å². The molecule has 0 radical (unpaired) electrons. The standard InChI is InChI=1S/C22H24N4O5/c1-3-31-21(28)14-7-6-10-25(12-14)20(27)16-8-4-5-9-17(16)26-13-15(11-23)18(24)19(26)22(29)30-2/h4-5,8-9,13-14H,3,6-7,10,12,24H2,1-2H3. The predicted octanol–water partition coefficient (Wildman–Crippen LogP) is 2.13. The molecule has 9 heteroatoms. The summed E-state index contributed by atoms with van der Waals surface area (Å²) in [5.41, 5.74) is 6.75. The summed E-state index contributed by atoms with van der Waals surface area (Å²) in [6, 6.07) is 8.66. The number of piperidine rings is 1. The fourth-order valence-corrected chi connectivity index (χ4v) is 3.75. The molecule has 1 amide bonds. The molecule has 2 N–H and O–H groups in total. The number of carbonyl (C=O) groups is 3. The second-order valence-corrected chi connectivity index (χ2v) is 7.14. The fraction of sp³-hybridized carbons (Fsp3) is 0.364. The number of anilines is 1. The van der Waals surface area contributed by atoms with Gasteiger partial charge in [-0.15, -0.1) is 0 Å². The Labute approximate surface area is 179 Å². The van der Waals surface area contributed by atoms with Crippen LogP contribution in [0.1, 0.15) is 46.2 Å². The molecular formula is C22H24N4O5. The van der Waals surface area contributed by atoms with Gasteiger partial charge in [-0.3, -0.25) is 9.59 Å². The van der Waals surface area contributed by atoms with E-state index in [9.17, 15) is 19.6 Å². The molecule has 1 unspecified atom stereocenters. The molecule has 31 heavy (non-hydrogen) atoms. The molecule has 1 aromatic heterocycles. The summed E-state index contributed by atoms with van der Waals surface area (Å²) in [4.78, 5) is 39.5. The van der Waals surface area contributed by atoms with Crippen LogP contribution in [-0.2, 0) is 14.3 Å². The first-order chi connectivity index (χ1) is 14.9. The number of hydrogen-bond donors (Lipinski definition) is 1. The molecule has 0 bridgehead atoms. The summed E-state index contributed by atoms with van der Waals surface area (Å²) in [5.74, 6) is -1.69. The van der Waals surface area contributed by atoms with Crippen LogP contribution in [0.15, 0.2) is 30.5 Å². The van der Waals surface area contributed by atoms with E-state index in [4.69, 9.17) is 15.2 Å². The second kappa shape index (κ2) is 9.34. The van der Waals surface area contributed by atoms with E-state index in [1.807, 2.05) is 6.07 Å². The lowest BCUT2D eigenvalue weighted by Gasteiger charge is -2.32. The molecule has 1 saturated heterocycles. The van der Waals surface area contributed by atoms with Gasteiger partial charge in [-0.05, 0) is 31.9 Å². The maximum absolute atomic E-state index is 13.4. The minimum atomic E-state index is -0.721. The van der Waals surface area contributed by atoms with Gasteiger partial charge in [0.25, 0.3) is 5.91 Å². The van der Waals surface area contributed by atoms with Crippen molar-refractivity contribution in [1.82, 2.24) is 9.47 Å². The van der Waals surface area contributed by atoms with Crippen LogP contribution in [0, 0.1) is 17.2 Å². The first-order valence-electron chi connectivity index (χ1n) is 9.97. The number of amides is 1. The Hall–Kier alpha value is -3.80. The van der Waals surface area contributed by atoms with Crippen LogP contribution in [-0.4, -0.2) is 54.1 Å². The van der Waals surface area contributed by atoms with E-state index in [0.717, 1.165) is 0 Å². The fourth-order valence-electron chi connectivity index (χ4n) is 3.75. The normalized spacial score (nSPS) is 15.8. The van der Waals surface area contributed by atoms with Gasteiger partial charge in [0.2, 0.25) is 0 Å². The van der Waals surface area contributed by atoms with E-state index in [1.54, 1.807) is 36.1 Å². The predicted molar refractivity (Wildman–Crippen MR) is 111 cm³/mol. The van der Waals surface area contributed by atoms with Crippen molar-refractivity contribution in [2.75, 3.05) is 32.5 Å². The van der Waals surface area contributed by atoms with Gasteiger partial charge >= 0.3 is 11.9 Å². The van der Waals surface area contributed by atoms with Gasteiger partial charge in [-0.25, -0.2) is 4.79 Å². The minimum Gasteiger partial charge on any atom is -0.466 e. The number of nitrogens with zero attached hydrogens (tertiary/aromatic N) is 3. The van der Waals surface area contributed by atoms with Crippen LogP contribution >= 0.6 is 0 Å². The van der Waals surface area contributed by atoms with Gasteiger partial charge in [0.05, 0.1) is 42.1 Å². The smallest absolute Gasteiger partial charge is 0.357 e. The van der Waals surface area contributed by atoms with E-state index in [1.165, 1.54) is 17.9 Å². The highest BCUT2D eigenvalue weighted by Gasteiger charge is 2.31. The first-order valence-corrected chi connectivity index (χ1v) is 9.97. The molecule has 1 atom stereocenters. The monoisotopic (exact) mass is 424 g/mol. The summed E-state index contributed by atoms with van der Waals surface area (Å²) in [5, 5.41) is 9.35. The lowest BCUT2D eigenvalue weighted by Crippen LogP contribution is -2.43. The summed E-state index contributed by atoms with van der Waals surface area (Å²) in [6.45, 7) is 2.80. The van der Waals surface area contributed by atoms with E-state index >= 15 is 0 Å². The summed E-state index contributed by atoms with van der Waals surface area (Å²) in [7, 11) is 1.21. The summed E-state index contributed by atoms with van der Waals surface area (Å²) in [6.07, 6.45) is 2.75. The number of esters is 2. The number of aromatic nitrogens is 1. The van der Waals surface area contributed by atoms with Gasteiger partial charge in [0.15, 0.2) is 5.69 Å². The van der Waals surface area contributed by atoms with Gasteiger partial charge < -0.3 is 24.7 Å². The lowest BCUT2D eigenvalue weighted by atomic mass is 9.97. The average Bonchev–Trinajstić information content (AvgIpc) is 3.14. The van der Waals surface area contributed by atoms with Crippen molar-refractivity contribution in [3.63, 3.8) is 0 Å². The summed E-state index contributed by atoms with van der Waals surface area (Å²) < 4.78 is 11.3. The molecule has 1 fully saturated rings. The third kappa shape index (κ3) is 4.23.